The molecule has 0 saturated carbocycles. The van der Waals surface area contributed by atoms with Crippen molar-refractivity contribution in [1.29, 1.82) is 0 Å². The van der Waals surface area contributed by atoms with E-state index in [4.69, 9.17) is 5.11 Å². The van der Waals surface area contributed by atoms with Gasteiger partial charge in [-0.05, 0) is 11.6 Å². The Hall–Kier alpha value is -3.26. The van der Waals surface area contributed by atoms with Crippen LogP contribution < -0.4 is 5.32 Å². The number of non-ortho nitro benzene ring substituents is 1. The minimum Gasteiger partial charge on any atom is -0.480 e. The van der Waals surface area contributed by atoms with Crippen molar-refractivity contribution in [3.05, 3.63) is 70.3 Å². The van der Waals surface area contributed by atoms with E-state index in [1.54, 1.807) is 0 Å². The van der Waals surface area contributed by atoms with Crippen LogP contribution in [0.4, 0.5) is 11.4 Å². The molecule has 0 aliphatic rings. The fourth-order valence-electron chi connectivity index (χ4n) is 2.30. The summed E-state index contributed by atoms with van der Waals surface area (Å²) in [5, 5.41) is 22.3. The Kier molecular flexibility index (Phi) is 6.19. The summed E-state index contributed by atoms with van der Waals surface area (Å²) in [5.74, 6) is -1.49. The maximum absolute atomic E-state index is 12.2. The highest BCUT2D eigenvalue weighted by molar-refractivity contribution is 5.92. The molecule has 0 heterocycles. The van der Waals surface area contributed by atoms with Crippen molar-refractivity contribution in [1.82, 2.24) is 4.90 Å². The number of anilines is 1. The van der Waals surface area contributed by atoms with E-state index in [1.165, 1.54) is 29.2 Å². The number of nitro benzene ring substituents is 1. The molecule has 0 saturated heterocycles. The second-order valence-electron chi connectivity index (χ2n) is 5.38. The number of rotatable bonds is 8. The summed E-state index contributed by atoms with van der Waals surface area (Å²) in [6.45, 7) is -0.142. The summed E-state index contributed by atoms with van der Waals surface area (Å²) < 4.78 is 0. The molecule has 0 fully saturated rings. The van der Waals surface area contributed by atoms with Gasteiger partial charge in [-0.2, -0.15) is 0 Å². The molecule has 0 aliphatic carbocycles. The van der Waals surface area contributed by atoms with Gasteiger partial charge >= 0.3 is 5.97 Å². The second-order valence-corrected chi connectivity index (χ2v) is 5.38. The minimum absolute atomic E-state index is 0.135. The number of hydrogen-bond donors (Lipinski definition) is 2. The van der Waals surface area contributed by atoms with Gasteiger partial charge in [-0.25, -0.2) is 0 Å². The average Bonchev–Trinajstić information content (AvgIpc) is 2.55. The van der Waals surface area contributed by atoms with Crippen LogP contribution in [-0.4, -0.2) is 39.9 Å². The lowest BCUT2D eigenvalue weighted by Gasteiger charge is -2.19. The van der Waals surface area contributed by atoms with Crippen molar-refractivity contribution in [2.45, 2.75) is 6.54 Å². The van der Waals surface area contributed by atoms with Crippen LogP contribution in [0.5, 0.6) is 0 Å². The van der Waals surface area contributed by atoms with Gasteiger partial charge in [-0.3, -0.25) is 24.6 Å². The van der Waals surface area contributed by atoms with Gasteiger partial charge in [-0.1, -0.05) is 36.4 Å². The van der Waals surface area contributed by atoms with Crippen LogP contribution in [0.15, 0.2) is 54.6 Å². The van der Waals surface area contributed by atoms with Gasteiger partial charge in [0.05, 0.1) is 18.0 Å². The van der Waals surface area contributed by atoms with Gasteiger partial charge < -0.3 is 10.4 Å². The van der Waals surface area contributed by atoms with E-state index < -0.39 is 16.8 Å². The number of hydrogen-bond acceptors (Lipinski definition) is 5. The van der Waals surface area contributed by atoms with E-state index in [0.717, 1.165) is 5.56 Å². The predicted octanol–water partition coefficient (Wildman–Crippen LogP) is 2.12. The Balaban J connectivity index is 2.02. The van der Waals surface area contributed by atoms with E-state index in [9.17, 15) is 19.7 Å². The van der Waals surface area contributed by atoms with Crippen LogP contribution in [0.2, 0.25) is 0 Å². The number of nitrogens with zero attached hydrogens (tertiary/aromatic N) is 2. The molecule has 0 bridgehead atoms. The molecular formula is C17H17N3O5. The molecule has 0 aliphatic heterocycles. The predicted molar refractivity (Wildman–Crippen MR) is 91.1 cm³/mol. The minimum atomic E-state index is -1.04. The Morgan fingerprint density at radius 1 is 1.08 bits per heavy atom. The second kappa shape index (κ2) is 8.55. The third kappa shape index (κ3) is 6.04. The molecule has 0 unspecified atom stereocenters. The fraction of sp³-hybridized carbons (Fsp3) is 0.176. The molecule has 2 rings (SSSR count). The topological polar surface area (TPSA) is 113 Å². The highest BCUT2D eigenvalue weighted by atomic mass is 16.6. The third-order valence-corrected chi connectivity index (χ3v) is 3.32. The molecule has 0 atom stereocenters. The van der Waals surface area contributed by atoms with Gasteiger partial charge in [0.25, 0.3) is 5.69 Å². The molecule has 0 aromatic heterocycles. The number of carboxylic acids is 1. The van der Waals surface area contributed by atoms with Crippen molar-refractivity contribution in [3.8, 4) is 0 Å². The van der Waals surface area contributed by atoms with Crippen molar-refractivity contribution < 1.29 is 19.6 Å². The average molecular weight is 343 g/mol. The molecule has 2 aromatic rings. The zero-order chi connectivity index (χ0) is 18.2. The van der Waals surface area contributed by atoms with Gasteiger partial charge in [0.15, 0.2) is 0 Å². The monoisotopic (exact) mass is 343 g/mol. The summed E-state index contributed by atoms with van der Waals surface area (Å²) in [4.78, 5) is 34.9. The van der Waals surface area contributed by atoms with Crippen LogP contribution in [0.3, 0.4) is 0 Å². The maximum atomic E-state index is 12.2. The molecule has 1 amide bonds. The van der Waals surface area contributed by atoms with E-state index >= 15 is 0 Å². The van der Waals surface area contributed by atoms with Gasteiger partial charge in [-0.15, -0.1) is 0 Å². The summed E-state index contributed by atoms with van der Waals surface area (Å²) in [6.07, 6.45) is 0. The van der Waals surface area contributed by atoms with Gasteiger partial charge in [0.2, 0.25) is 5.91 Å². The van der Waals surface area contributed by atoms with Crippen LogP contribution in [0, 0.1) is 10.1 Å². The summed E-state index contributed by atoms with van der Waals surface area (Å²) >= 11 is 0. The fourth-order valence-corrected chi connectivity index (χ4v) is 2.30. The molecule has 0 radical (unpaired) electrons. The highest BCUT2D eigenvalue weighted by Crippen LogP contribution is 2.17. The largest absolute Gasteiger partial charge is 0.480 e. The first-order chi connectivity index (χ1) is 11.9. The van der Waals surface area contributed by atoms with Crippen molar-refractivity contribution in [2.24, 2.45) is 0 Å². The summed E-state index contributed by atoms with van der Waals surface area (Å²) in [6, 6.07) is 14.8. The van der Waals surface area contributed by atoms with Crippen LogP contribution in [0.1, 0.15) is 5.56 Å². The van der Waals surface area contributed by atoms with E-state index in [1.807, 2.05) is 30.3 Å². The normalized spacial score (nSPS) is 10.4. The zero-order valence-electron chi connectivity index (χ0n) is 13.3. The van der Waals surface area contributed by atoms with E-state index in [-0.39, 0.29) is 24.5 Å². The van der Waals surface area contributed by atoms with Crippen LogP contribution >= 0.6 is 0 Å². The number of nitro groups is 1. The molecule has 8 heteroatoms. The van der Waals surface area contributed by atoms with E-state index in [0.29, 0.717) is 6.54 Å². The number of aliphatic carboxylic acids is 1. The number of carbonyl (C=O) groups is 2. The lowest BCUT2D eigenvalue weighted by atomic mass is 10.2. The lowest BCUT2D eigenvalue weighted by molar-refractivity contribution is -0.384. The molecule has 25 heavy (non-hydrogen) atoms. The highest BCUT2D eigenvalue weighted by Gasteiger charge is 2.15. The molecule has 0 spiro atoms. The SMILES string of the molecule is O=C(O)CN(CC(=O)Nc1cccc([N+](=O)[O-])c1)Cc1ccccc1. The molecule has 130 valence electrons. The number of carboxylic acid groups (broad SMARTS) is 1. The molecule has 8 nitrogen and oxygen atoms in total. The quantitative estimate of drug-likeness (QED) is 0.561. The first-order valence-electron chi connectivity index (χ1n) is 7.46. The first kappa shape index (κ1) is 18.1. The number of carbonyl (C=O) groups excluding carboxylic acids is 1. The molecule has 2 aromatic carbocycles. The van der Waals surface area contributed by atoms with E-state index in [2.05, 4.69) is 5.32 Å². The zero-order valence-corrected chi connectivity index (χ0v) is 13.3. The standard InChI is InChI=1S/C17H17N3O5/c21-16(18-14-7-4-8-15(9-14)20(24)25)11-19(12-17(22)23)10-13-5-2-1-3-6-13/h1-9H,10-12H2,(H,18,21)(H,22,23). The summed E-state index contributed by atoms with van der Waals surface area (Å²) in [7, 11) is 0. The smallest absolute Gasteiger partial charge is 0.317 e. The Morgan fingerprint density at radius 2 is 1.80 bits per heavy atom. The number of amides is 1. The number of benzene rings is 2. The Morgan fingerprint density at radius 3 is 2.44 bits per heavy atom. The number of nitrogens with one attached hydrogen (secondary N) is 1. The Labute approximate surface area is 143 Å². The maximum Gasteiger partial charge on any atom is 0.317 e. The molecule has 2 N–H and O–H groups in total. The van der Waals surface area contributed by atoms with Crippen molar-refractivity contribution >= 4 is 23.3 Å². The van der Waals surface area contributed by atoms with Crippen LogP contribution in [0.25, 0.3) is 0 Å². The van der Waals surface area contributed by atoms with Crippen molar-refractivity contribution in [2.75, 3.05) is 18.4 Å². The Bertz CT molecular complexity index is 764. The molecular weight excluding hydrogens is 326 g/mol. The van der Waals surface area contributed by atoms with Crippen LogP contribution in [-0.2, 0) is 16.1 Å². The third-order valence-electron chi connectivity index (χ3n) is 3.32. The van der Waals surface area contributed by atoms with Gasteiger partial charge in [0, 0.05) is 24.4 Å². The summed E-state index contributed by atoms with van der Waals surface area (Å²) in [5.41, 5.74) is 1.03. The lowest BCUT2D eigenvalue weighted by Crippen LogP contribution is -2.36. The van der Waals surface area contributed by atoms with Crippen molar-refractivity contribution in [3.63, 3.8) is 0 Å². The first-order valence-corrected chi connectivity index (χ1v) is 7.46. The van der Waals surface area contributed by atoms with Gasteiger partial charge in [0.1, 0.15) is 0 Å².